The Labute approximate surface area is 111 Å². The molecule has 0 aliphatic carbocycles. The summed E-state index contributed by atoms with van der Waals surface area (Å²) in [5.41, 5.74) is 1.12. The summed E-state index contributed by atoms with van der Waals surface area (Å²) in [6.07, 6.45) is 3.81. The highest BCUT2D eigenvalue weighted by Gasteiger charge is 2.24. The molecule has 4 heteroatoms. The number of likely N-dealkylation sites (tertiary alicyclic amines) is 1. The monoisotopic (exact) mass is 255 g/mol. The van der Waals surface area contributed by atoms with E-state index in [4.69, 9.17) is 12.2 Å². The van der Waals surface area contributed by atoms with Crippen LogP contribution in [0.25, 0.3) is 0 Å². The summed E-state index contributed by atoms with van der Waals surface area (Å²) in [6.45, 7) is 8.85. The van der Waals surface area contributed by atoms with Crippen LogP contribution in [0.2, 0.25) is 0 Å². The molecule has 0 spiro atoms. The predicted molar refractivity (Wildman–Crippen MR) is 78.3 cm³/mol. The average Bonchev–Trinajstić information content (AvgIpc) is 2.25. The van der Waals surface area contributed by atoms with E-state index in [0.29, 0.717) is 6.04 Å². The number of rotatable bonds is 4. The van der Waals surface area contributed by atoms with Gasteiger partial charge in [0.05, 0.1) is 0 Å². The number of hydrogen-bond donors (Lipinski definition) is 1. The molecule has 1 saturated heterocycles. The molecule has 1 atom stereocenters. The Balaban J connectivity index is 2.51. The molecule has 1 aliphatic rings. The third-order valence-electron chi connectivity index (χ3n) is 3.01. The molecule has 1 unspecified atom stereocenters. The average molecular weight is 255 g/mol. The maximum atomic E-state index is 5.48. The Morgan fingerprint density at radius 1 is 1.47 bits per heavy atom. The van der Waals surface area contributed by atoms with E-state index in [9.17, 15) is 0 Å². The molecular formula is C13H25N3S. The van der Waals surface area contributed by atoms with Crippen molar-refractivity contribution in [2.45, 2.75) is 32.2 Å². The van der Waals surface area contributed by atoms with Crippen LogP contribution in [-0.4, -0.2) is 54.7 Å². The van der Waals surface area contributed by atoms with Gasteiger partial charge in [-0.25, -0.2) is 0 Å². The Bertz CT molecular complexity index is 276. The van der Waals surface area contributed by atoms with E-state index >= 15 is 0 Å². The lowest BCUT2D eigenvalue weighted by Gasteiger charge is -2.39. The Kier molecular flexibility index (Phi) is 5.92. The van der Waals surface area contributed by atoms with Gasteiger partial charge in [0.2, 0.25) is 0 Å². The molecule has 3 nitrogen and oxygen atoms in total. The van der Waals surface area contributed by atoms with Crippen molar-refractivity contribution < 1.29 is 0 Å². The summed E-state index contributed by atoms with van der Waals surface area (Å²) in [4.78, 5) is 4.59. The Morgan fingerprint density at radius 2 is 2.18 bits per heavy atom. The van der Waals surface area contributed by atoms with Gasteiger partial charge in [-0.2, -0.15) is 0 Å². The first kappa shape index (κ1) is 14.5. The number of likely N-dealkylation sites (N-methyl/N-ethyl adjacent to an activating group) is 1. The van der Waals surface area contributed by atoms with Crippen LogP contribution in [0.4, 0.5) is 0 Å². The lowest BCUT2D eigenvalue weighted by Crippen LogP contribution is -2.52. The summed E-state index contributed by atoms with van der Waals surface area (Å²) in [6, 6.07) is 0.559. The van der Waals surface area contributed by atoms with Gasteiger partial charge in [-0.3, -0.25) is 0 Å². The number of thiocarbonyl (C=S) groups is 1. The molecular weight excluding hydrogens is 230 g/mol. The van der Waals surface area contributed by atoms with E-state index in [2.05, 4.69) is 35.8 Å². The van der Waals surface area contributed by atoms with Crippen molar-refractivity contribution in [3.8, 4) is 0 Å². The fourth-order valence-corrected chi connectivity index (χ4v) is 2.52. The summed E-state index contributed by atoms with van der Waals surface area (Å²) in [5.74, 6) is 0. The maximum absolute atomic E-state index is 5.48. The molecule has 98 valence electrons. The van der Waals surface area contributed by atoms with Gasteiger partial charge in [0.1, 0.15) is 0 Å². The van der Waals surface area contributed by atoms with Crippen molar-refractivity contribution in [2.24, 2.45) is 0 Å². The van der Waals surface area contributed by atoms with Crippen molar-refractivity contribution in [3.05, 3.63) is 12.2 Å². The van der Waals surface area contributed by atoms with Gasteiger partial charge < -0.3 is 15.1 Å². The van der Waals surface area contributed by atoms with Gasteiger partial charge >= 0.3 is 0 Å². The molecule has 0 radical (unpaired) electrons. The number of hydrogen-bond acceptors (Lipinski definition) is 2. The third kappa shape index (κ3) is 5.04. The molecule has 1 heterocycles. The topological polar surface area (TPSA) is 18.5 Å². The summed E-state index contributed by atoms with van der Waals surface area (Å²) in [7, 11) is 4.24. The maximum Gasteiger partial charge on any atom is 0.169 e. The zero-order valence-corrected chi connectivity index (χ0v) is 12.1. The highest BCUT2D eigenvalue weighted by atomic mass is 32.1. The quantitative estimate of drug-likeness (QED) is 0.610. The number of piperidine rings is 1. The minimum absolute atomic E-state index is 0.559. The van der Waals surface area contributed by atoms with Crippen LogP contribution in [0.3, 0.4) is 0 Å². The van der Waals surface area contributed by atoms with Crippen molar-refractivity contribution in [1.29, 1.82) is 0 Å². The van der Waals surface area contributed by atoms with Crippen LogP contribution in [-0.2, 0) is 0 Å². The van der Waals surface area contributed by atoms with Gasteiger partial charge in [-0.15, -0.1) is 0 Å². The van der Waals surface area contributed by atoms with Crippen LogP contribution in [0.1, 0.15) is 26.2 Å². The highest BCUT2D eigenvalue weighted by Crippen LogP contribution is 2.17. The lowest BCUT2D eigenvalue weighted by molar-refractivity contribution is 0.193. The van der Waals surface area contributed by atoms with E-state index in [1.165, 1.54) is 19.3 Å². The van der Waals surface area contributed by atoms with E-state index in [0.717, 1.165) is 30.3 Å². The fourth-order valence-electron chi connectivity index (χ4n) is 2.21. The minimum Gasteiger partial charge on any atom is -0.359 e. The third-order valence-corrected chi connectivity index (χ3v) is 3.38. The first-order valence-electron chi connectivity index (χ1n) is 6.34. The molecule has 0 aromatic rings. The van der Waals surface area contributed by atoms with E-state index in [-0.39, 0.29) is 0 Å². The molecule has 1 fully saturated rings. The smallest absolute Gasteiger partial charge is 0.169 e. The van der Waals surface area contributed by atoms with Crippen molar-refractivity contribution in [2.75, 3.05) is 33.7 Å². The summed E-state index contributed by atoms with van der Waals surface area (Å²) in [5, 5.41) is 4.18. The van der Waals surface area contributed by atoms with E-state index in [1.807, 2.05) is 6.92 Å². The summed E-state index contributed by atoms with van der Waals surface area (Å²) >= 11 is 5.48. The van der Waals surface area contributed by atoms with Crippen LogP contribution in [0, 0.1) is 0 Å². The first-order chi connectivity index (χ1) is 8.00. The Morgan fingerprint density at radius 3 is 2.76 bits per heavy atom. The van der Waals surface area contributed by atoms with E-state index in [1.54, 1.807) is 0 Å². The second-order valence-corrected chi connectivity index (χ2v) is 5.61. The van der Waals surface area contributed by atoms with Crippen molar-refractivity contribution in [3.63, 3.8) is 0 Å². The predicted octanol–water partition coefficient (Wildman–Crippen LogP) is 1.85. The number of nitrogens with zero attached hydrogens (tertiary/aromatic N) is 2. The van der Waals surface area contributed by atoms with Crippen LogP contribution in [0.5, 0.6) is 0 Å². The lowest BCUT2D eigenvalue weighted by atomic mass is 10.0. The molecule has 1 N–H and O–H groups in total. The first-order valence-corrected chi connectivity index (χ1v) is 6.75. The molecule has 0 amide bonds. The minimum atomic E-state index is 0.559. The van der Waals surface area contributed by atoms with Crippen molar-refractivity contribution >= 4 is 17.3 Å². The molecule has 0 bridgehead atoms. The second kappa shape index (κ2) is 6.97. The van der Waals surface area contributed by atoms with Gasteiger partial charge in [-0.05, 0) is 52.5 Å². The van der Waals surface area contributed by atoms with Crippen LogP contribution in [0.15, 0.2) is 12.2 Å². The zero-order valence-electron chi connectivity index (χ0n) is 11.3. The standard InChI is InChI=1S/C13H25N3S/c1-11(2)9-14-13(17)16-8-6-5-7-12(16)10-15(3)4/h12H,1,5-10H2,2-4H3,(H,14,17). The van der Waals surface area contributed by atoms with Crippen molar-refractivity contribution in [1.82, 2.24) is 15.1 Å². The summed E-state index contributed by atoms with van der Waals surface area (Å²) < 4.78 is 0. The van der Waals surface area contributed by atoms with E-state index < -0.39 is 0 Å². The van der Waals surface area contributed by atoms with Gasteiger partial charge in [-0.1, -0.05) is 12.2 Å². The molecule has 0 saturated carbocycles. The highest BCUT2D eigenvalue weighted by molar-refractivity contribution is 7.80. The molecule has 17 heavy (non-hydrogen) atoms. The normalized spacial score (nSPS) is 20.5. The molecule has 0 aromatic heterocycles. The largest absolute Gasteiger partial charge is 0.359 e. The molecule has 0 aromatic carbocycles. The van der Waals surface area contributed by atoms with Crippen LogP contribution >= 0.6 is 12.2 Å². The Hall–Kier alpha value is -0.610. The second-order valence-electron chi connectivity index (χ2n) is 5.22. The number of nitrogens with one attached hydrogen (secondary N) is 1. The molecule has 1 rings (SSSR count). The van der Waals surface area contributed by atoms with Gasteiger partial charge in [0, 0.05) is 25.7 Å². The van der Waals surface area contributed by atoms with Gasteiger partial charge in [0.15, 0.2) is 5.11 Å². The SMILES string of the molecule is C=C(C)CNC(=S)N1CCCCC1CN(C)C. The zero-order chi connectivity index (χ0) is 12.8. The van der Waals surface area contributed by atoms with Crippen LogP contribution < -0.4 is 5.32 Å². The molecule has 1 aliphatic heterocycles. The van der Waals surface area contributed by atoms with Gasteiger partial charge in [0.25, 0.3) is 0 Å². The fraction of sp³-hybridized carbons (Fsp3) is 0.769.